The smallest absolute Gasteiger partial charge is 0.254 e. The van der Waals surface area contributed by atoms with Crippen molar-refractivity contribution in [3.05, 3.63) is 64.4 Å². The summed E-state index contributed by atoms with van der Waals surface area (Å²) in [5, 5.41) is 12.9. The predicted molar refractivity (Wildman–Crippen MR) is 81.7 cm³/mol. The number of benzene rings is 2. The topological polar surface area (TPSA) is 58.6 Å². The number of amides is 1. The molecule has 0 fully saturated rings. The lowest BCUT2D eigenvalue weighted by atomic mass is 10.1. The number of methoxy groups -OCH3 is 1. The highest BCUT2D eigenvalue weighted by Gasteiger charge is 2.16. The number of ether oxygens (including phenoxy) is 1. The first-order valence-electron chi connectivity index (χ1n) is 6.57. The SMILES string of the molecule is COc1ccc(C(=O)NCC(O)c2ccccc2Cl)c(F)c1. The summed E-state index contributed by atoms with van der Waals surface area (Å²) < 4.78 is 18.6. The molecule has 2 aromatic carbocycles. The Labute approximate surface area is 132 Å². The molecule has 116 valence electrons. The van der Waals surface area contributed by atoms with Crippen LogP contribution in [0, 0.1) is 5.82 Å². The molecule has 0 saturated carbocycles. The molecule has 6 heteroatoms. The van der Waals surface area contributed by atoms with Crippen molar-refractivity contribution in [2.45, 2.75) is 6.10 Å². The van der Waals surface area contributed by atoms with Crippen molar-refractivity contribution < 1.29 is 19.0 Å². The van der Waals surface area contributed by atoms with Crippen molar-refractivity contribution in [3.63, 3.8) is 0 Å². The number of aliphatic hydroxyl groups excluding tert-OH is 1. The Morgan fingerprint density at radius 1 is 1.36 bits per heavy atom. The van der Waals surface area contributed by atoms with Crippen LogP contribution >= 0.6 is 11.6 Å². The van der Waals surface area contributed by atoms with Crippen molar-refractivity contribution >= 4 is 17.5 Å². The van der Waals surface area contributed by atoms with Crippen molar-refractivity contribution in [2.24, 2.45) is 0 Å². The third-order valence-corrected chi connectivity index (χ3v) is 3.49. The Balaban J connectivity index is 2.02. The fraction of sp³-hybridized carbons (Fsp3) is 0.188. The quantitative estimate of drug-likeness (QED) is 0.889. The standard InChI is InChI=1S/C16H15ClFNO3/c1-22-10-6-7-12(14(18)8-10)16(21)19-9-15(20)11-4-2-3-5-13(11)17/h2-8,15,20H,9H2,1H3,(H,19,21). The van der Waals surface area contributed by atoms with Gasteiger partial charge in [-0.15, -0.1) is 0 Å². The fourth-order valence-corrected chi connectivity index (χ4v) is 2.21. The highest BCUT2D eigenvalue weighted by Crippen LogP contribution is 2.22. The number of aliphatic hydroxyl groups is 1. The van der Waals surface area contributed by atoms with Gasteiger partial charge in [0.15, 0.2) is 0 Å². The molecular formula is C16H15ClFNO3. The number of carbonyl (C=O) groups is 1. The molecule has 1 unspecified atom stereocenters. The molecule has 0 aliphatic rings. The predicted octanol–water partition coefficient (Wildman–Crippen LogP) is 2.95. The Bertz CT molecular complexity index is 678. The first-order chi connectivity index (χ1) is 10.5. The van der Waals surface area contributed by atoms with Crippen LogP contribution in [0.3, 0.4) is 0 Å². The Morgan fingerprint density at radius 3 is 2.73 bits per heavy atom. The third-order valence-electron chi connectivity index (χ3n) is 3.14. The lowest BCUT2D eigenvalue weighted by Crippen LogP contribution is -2.29. The summed E-state index contributed by atoms with van der Waals surface area (Å²) in [6.07, 6.45) is -0.973. The Hall–Kier alpha value is -2.11. The van der Waals surface area contributed by atoms with Gasteiger partial charge in [0.1, 0.15) is 11.6 Å². The van der Waals surface area contributed by atoms with Crippen LogP contribution in [0.4, 0.5) is 4.39 Å². The maximum atomic E-state index is 13.8. The third kappa shape index (κ3) is 3.75. The second-order valence-corrected chi connectivity index (χ2v) is 5.00. The zero-order valence-electron chi connectivity index (χ0n) is 11.8. The molecule has 0 aromatic heterocycles. The van der Waals surface area contributed by atoms with Crippen LogP contribution in [0.5, 0.6) is 5.75 Å². The van der Waals surface area contributed by atoms with E-state index in [0.717, 1.165) is 6.07 Å². The molecule has 1 atom stereocenters. The van der Waals surface area contributed by atoms with Gasteiger partial charge in [0.05, 0.1) is 18.8 Å². The van der Waals surface area contributed by atoms with E-state index in [2.05, 4.69) is 5.32 Å². The fourth-order valence-electron chi connectivity index (χ4n) is 1.95. The Morgan fingerprint density at radius 2 is 2.09 bits per heavy atom. The van der Waals surface area contributed by atoms with Crippen LogP contribution in [0.25, 0.3) is 0 Å². The van der Waals surface area contributed by atoms with Gasteiger partial charge >= 0.3 is 0 Å². The first-order valence-corrected chi connectivity index (χ1v) is 6.95. The average Bonchev–Trinajstić information content (AvgIpc) is 2.52. The molecule has 0 aliphatic carbocycles. The lowest BCUT2D eigenvalue weighted by Gasteiger charge is -2.14. The maximum absolute atomic E-state index is 13.8. The number of carbonyl (C=O) groups excluding carboxylic acids is 1. The molecule has 2 rings (SSSR count). The van der Waals surface area contributed by atoms with Gasteiger partial charge in [-0.25, -0.2) is 4.39 Å². The second kappa shape index (κ2) is 7.24. The molecule has 1 amide bonds. The highest BCUT2D eigenvalue weighted by molar-refractivity contribution is 6.31. The van der Waals surface area contributed by atoms with Gasteiger partial charge in [0.2, 0.25) is 0 Å². The van der Waals surface area contributed by atoms with Crippen LogP contribution in [0.2, 0.25) is 5.02 Å². The zero-order valence-corrected chi connectivity index (χ0v) is 12.6. The van der Waals surface area contributed by atoms with E-state index in [-0.39, 0.29) is 12.1 Å². The van der Waals surface area contributed by atoms with Crippen molar-refractivity contribution in [1.29, 1.82) is 0 Å². The largest absolute Gasteiger partial charge is 0.497 e. The van der Waals surface area contributed by atoms with E-state index in [1.165, 1.54) is 19.2 Å². The normalized spacial score (nSPS) is 11.8. The Kier molecular flexibility index (Phi) is 5.35. The molecule has 0 aliphatic heterocycles. The van der Waals surface area contributed by atoms with E-state index in [1.807, 2.05) is 0 Å². The van der Waals surface area contributed by atoms with Crippen molar-refractivity contribution in [3.8, 4) is 5.75 Å². The molecule has 0 spiro atoms. The van der Waals surface area contributed by atoms with Gasteiger partial charge in [-0.2, -0.15) is 0 Å². The highest BCUT2D eigenvalue weighted by atomic mass is 35.5. The molecule has 0 bridgehead atoms. The summed E-state index contributed by atoms with van der Waals surface area (Å²) in [4.78, 5) is 11.9. The zero-order chi connectivity index (χ0) is 16.1. The van der Waals surface area contributed by atoms with Gasteiger partial charge in [-0.1, -0.05) is 29.8 Å². The number of hydrogen-bond donors (Lipinski definition) is 2. The van der Waals surface area contributed by atoms with Gasteiger partial charge in [-0.05, 0) is 18.2 Å². The molecule has 0 saturated heterocycles. The van der Waals surface area contributed by atoms with Crippen molar-refractivity contribution in [2.75, 3.05) is 13.7 Å². The minimum absolute atomic E-state index is 0.0754. The van der Waals surface area contributed by atoms with E-state index >= 15 is 0 Å². The van der Waals surface area contributed by atoms with E-state index in [0.29, 0.717) is 16.3 Å². The van der Waals surface area contributed by atoms with E-state index in [1.54, 1.807) is 24.3 Å². The number of nitrogens with one attached hydrogen (secondary N) is 1. The molecular weight excluding hydrogens is 309 g/mol. The summed E-state index contributed by atoms with van der Waals surface area (Å²) in [5.41, 5.74) is 0.381. The van der Waals surface area contributed by atoms with E-state index < -0.39 is 17.8 Å². The van der Waals surface area contributed by atoms with Gasteiger partial charge < -0.3 is 15.2 Å². The summed E-state index contributed by atoms with van der Waals surface area (Å²) >= 11 is 5.96. The number of rotatable bonds is 5. The minimum Gasteiger partial charge on any atom is -0.497 e. The monoisotopic (exact) mass is 323 g/mol. The molecule has 2 N–H and O–H groups in total. The summed E-state index contributed by atoms with van der Waals surface area (Å²) in [7, 11) is 1.41. The number of halogens is 2. The van der Waals surface area contributed by atoms with Crippen LogP contribution in [0.15, 0.2) is 42.5 Å². The molecule has 2 aromatic rings. The maximum Gasteiger partial charge on any atom is 0.254 e. The number of hydrogen-bond acceptors (Lipinski definition) is 3. The lowest BCUT2D eigenvalue weighted by molar-refractivity contribution is 0.0912. The minimum atomic E-state index is -0.973. The van der Waals surface area contributed by atoms with Crippen LogP contribution in [0.1, 0.15) is 22.0 Å². The van der Waals surface area contributed by atoms with Crippen molar-refractivity contribution in [1.82, 2.24) is 5.32 Å². The average molecular weight is 324 g/mol. The first kappa shape index (κ1) is 16.3. The van der Waals surface area contributed by atoms with Gasteiger partial charge in [0.25, 0.3) is 5.91 Å². The van der Waals surface area contributed by atoms with E-state index in [9.17, 15) is 14.3 Å². The van der Waals surface area contributed by atoms with E-state index in [4.69, 9.17) is 16.3 Å². The summed E-state index contributed by atoms with van der Waals surface area (Å²) in [6, 6.07) is 10.7. The van der Waals surface area contributed by atoms with Crippen LogP contribution in [-0.2, 0) is 0 Å². The van der Waals surface area contributed by atoms with Gasteiger partial charge in [0, 0.05) is 23.2 Å². The second-order valence-electron chi connectivity index (χ2n) is 4.59. The summed E-state index contributed by atoms with van der Waals surface area (Å²) in [6.45, 7) is -0.0754. The molecule has 0 heterocycles. The summed E-state index contributed by atoms with van der Waals surface area (Å²) in [5.74, 6) is -0.986. The van der Waals surface area contributed by atoms with Crippen LogP contribution < -0.4 is 10.1 Å². The van der Waals surface area contributed by atoms with Crippen LogP contribution in [-0.4, -0.2) is 24.7 Å². The molecule has 0 radical (unpaired) electrons. The molecule has 22 heavy (non-hydrogen) atoms. The van der Waals surface area contributed by atoms with Gasteiger partial charge in [-0.3, -0.25) is 4.79 Å². The molecule has 4 nitrogen and oxygen atoms in total.